The second-order valence-electron chi connectivity index (χ2n) is 7.91. The molecule has 5 aliphatic rings. The van der Waals surface area contributed by atoms with Crippen LogP contribution >= 0.6 is 0 Å². The molecule has 4 saturated carbocycles. The van der Waals surface area contributed by atoms with Gasteiger partial charge in [0.1, 0.15) is 6.61 Å². The lowest BCUT2D eigenvalue weighted by Gasteiger charge is -2.58. The third-order valence-corrected chi connectivity index (χ3v) is 6.46. The van der Waals surface area contributed by atoms with Crippen LogP contribution in [0.4, 0.5) is 0 Å². The zero-order chi connectivity index (χ0) is 13.9. The fourth-order valence-corrected chi connectivity index (χ4v) is 6.01. The highest BCUT2D eigenvalue weighted by Gasteiger charge is 2.55. The van der Waals surface area contributed by atoms with Gasteiger partial charge >= 0.3 is 0 Å². The molecule has 0 aromatic heterocycles. The molecular formula is C19H23NO. The van der Waals surface area contributed by atoms with Gasteiger partial charge in [-0.15, -0.1) is 0 Å². The van der Waals surface area contributed by atoms with Gasteiger partial charge in [-0.05, 0) is 73.8 Å². The highest BCUT2D eigenvalue weighted by atomic mass is 16.5. The van der Waals surface area contributed by atoms with Gasteiger partial charge in [-0.25, -0.2) is 4.99 Å². The predicted molar refractivity (Wildman–Crippen MR) is 83.3 cm³/mol. The van der Waals surface area contributed by atoms with E-state index in [1.165, 1.54) is 38.5 Å². The summed E-state index contributed by atoms with van der Waals surface area (Å²) >= 11 is 0. The first-order valence-electron chi connectivity index (χ1n) is 8.57. The highest BCUT2D eigenvalue weighted by Crippen LogP contribution is 2.62. The minimum absolute atomic E-state index is 0.418. The van der Waals surface area contributed by atoms with Crippen LogP contribution in [0.3, 0.4) is 0 Å². The van der Waals surface area contributed by atoms with Crippen molar-refractivity contribution in [1.29, 1.82) is 0 Å². The molecule has 21 heavy (non-hydrogen) atoms. The zero-order valence-corrected chi connectivity index (χ0v) is 12.5. The van der Waals surface area contributed by atoms with Gasteiger partial charge in [0.25, 0.3) is 0 Å². The first-order valence-corrected chi connectivity index (χ1v) is 8.57. The number of benzene rings is 1. The molecule has 4 bridgehead atoms. The number of ether oxygens (including phenoxy) is 1. The van der Waals surface area contributed by atoms with Crippen LogP contribution in [0.2, 0.25) is 0 Å². The largest absolute Gasteiger partial charge is 0.475 e. The molecule has 0 N–H and O–H groups in total. The molecule has 1 aromatic carbocycles. The van der Waals surface area contributed by atoms with Crippen LogP contribution in [0.1, 0.15) is 44.1 Å². The lowest BCUT2D eigenvalue weighted by atomic mass is 9.48. The molecule has 1 atom stereocenters. The van der Waals surface area contributed by atoms with Gasteiger partial charge in [0.2, 0.25) is 5.90 Å². The molecule has 0 amide bonds. The van der Waals surface area contributed by atoms with E-state index < -0.39 is 0 Å². The summed E-state index contributed by atoms with van der Waals surface area (Å²) in [5.41, 5.74) is 1.62. The Labute approximate surface area is 126 Å². The van der Waals surface area contributed by atoms with Crippen molar-refractivity contribution in [2.24, 2.45) is 28.2 Å². The van der Waals surface area contributed by atoms with Crippen LogP contribution < -0.4 is 0 Å². The lowest BCUT2D eigenvalue weighted by Crippen LogP contribution is -2.51. The first kappa shape index (κ1) is 12.3. The molecule has 0 radical (unpaired) electrons. The maximum absolute atomic E-state index is 5.99. The van der Waals surface area contributed by atoms with Crippen LogP contribution in [0.15, 0.2) is 35.3 Å². The van der Waals surface area contributed by atoms with E-state index in [2.05, 4.69) is 30.3 Å². The van der Waals surface area contributed by atoms with E-state index in [9.17, 15) is 0 Å². The average Bonchev–Trinajstić information content (AvgIpc) is 2.97. The summed E-state index contributed by atoms with van der Waals surface area (Å²) < 4.78 is 5.99. The second kappa shape index (κ2) is 4.34. The summed E-state index contributed by atoms with van der Waals surface area (Å²) in [5, 5.41) is 0. The van der Waals surface area contributed by atoms with E-state index in [1.54, 1.807) is 0 Å². The molecule has 0 saturated heterocycles. The minimum atomic E-state index is 0.418. The van der Waals surface area contributed by atoms with E-state index in [1.807, 2.05) is 0 Å². The second-order valence-corrected chi connectivity index (χ2v) is 7.91. The van der Waals surface area contributed by atoms with Gasteiger partial charge in [-0.1, -0.05) is 18.2 Å². The Kier molecular flexibility index (Phi) is 2.54. The average molecular weight is 281 g/mol. The topological polar surface area (TPSA) is 21.6 Å². The Bertz CT molecular complexity index is 541. The normalized spacial score (nSPS) is 43.7. The third-order valence-electron chi connectivity index (χ3n) is 6.46. The molecule has 110 valence electrons. The number of aliphatic imine (C=N–C) groups is 1. The molecule has 4 aliphatic carbocycles. The fourth-order valence-electron chi connectivity index (χ4n) is 6.01. The van der Waals surface area contributed by atoms with Crippen molar-refractivity contribution in [3.05, 3.63) is 35.9 Å². The Morgan fingerprint density at radius 1 is 0.905 bits per heavy atom. The molecule has 4 fully saturated rings. The smallest absolute Gasteiger partial charge is 0.216 e. The first-order chi connectivity index (χ1) is 10.3. The van der Waals surface area contributed by atoms with Gasteiger partial charge in [0.15, 0.2) is 0 Å². The van der Waals surface area contributed by atoms with Gasteiger partial charge in [-0.2, -0.15) is 0 Å². The summed E-state index contributed by atoms with van der Waals surface area (Å²) in [6, 6.07) is 10.8. The van der Waals surface area contributed by atoms with Crippen molar-refractivity contribution in [3.63, 3.8) is 0 Å². The van der Waals surface area contributed by atoms with E-state index in [-0.39, 0.29) is 0 Å². The van der Waals surface area contributed by atoms with Crippen molar-refractivity contribution < 1.29 is 4.74 Å². The van der Waals surface area contributed by atoms with Crippen molar-refractivity contribution in [1.82, 2.24) is 0 Å². The SMILES string of the molecule is c1ccc(C2=N[C@H](C34CC5CC(CC(C5)C3)C4)CO2)cc1. The van der Waals surface area contributed by atoms with Crippen molar-refractivity contribution >= 4 is 5.90 Å². The molecule has 2 nitrogen and oxygen atoms in total. The van der Waals surface area contributed by atoms with E-state index >= 15 is 0 Å². The molecule has 0 spiro atoms. The van der Waals surface area contributed by atoms with Gasteiger partial charge in [0, 0.05) is 5.56 Å². The van der Waals surface area contributed by atoms with Crippen molar-refractivity contribution in [2.75, 3.05) is 6.61 Å². The summed E-state index contributed by atoms with van der Waals surface area (Å²) in [4.78, 5) is 5.04. The molecular weight excluding hydrogens is 258 g/mol. The van der Waals surface area contributed by atoms with Crippen LogP contribution in [-0.2, 0) is 4.74 Å². The predicted octanol–water partition coefficient (Wildman–Crippen LogP) is 4.05. The van der Waals surface area contributed by atoms with Gasteiger partial charge in [-0.3, -0.25) is 0 Å². The maximum Gasteiger partial charge on any atom is 0.216 e. The van der Waals surface area contributed by atoms with E-state index in [0.29, 0.717) is 11.5 Å². The molecule has 1 aromatic rings. The van der Waals surface area contributed by atoms with Crippen LogP contribution in [0.5, 0.6) is 0 Å². The summed E-state index contributed by atoms with van der Waals surface area (Å²) in [5.74, 6) is 3.86. The Balaban J connectivity index is 1.45. The van der Waals surface area contributed by atoms with Crippen LogP contribution in [-0.4, -0.2) is 18.5 Å². The van der Waals surface area contributed by atoms with Crippen LogP contribution in [0.25, 0.3) is 0 Å². The summed E-state index contributed by atoms with van der Waals surface area (Å²) in [6.45, 7) is 0.816. The number of hydrogen-bond donors (Lipinski definition) is 0. The third kappa shape index (κ3) is 1.88. The van der Waals surface area contributed by atoms with E-state index in [4.69, 9.17) is 9.73 Å². The monoisotopic (exact) mass is 281 g/mol. The molecule has 2 heteroatoms. The van der Waals surface area contributed by atoms with Crippen molar-refractivity contribution in [3.8, 4) is 0 Å². The van der Waals surface area contributed by atoms with Gasteiger partial charge in [0.05, 0.1) is 6.04 Å². The quantitative estimate of drug-likeness (QED) is 0.801. The zero-order valence-electron chi connectivity index (χ0n) is 12.5. The summed E-state index contributed by atoms with van der Waals surface area (Å²) in [7, 11) is 0. The van der Waals surface area contributed by atoms with E-state index in [0.717, 1.165) is 35.8 Å². The minimum Gasteiger partial charge on any atom is -0.475 e. The fraction of sp³-hybridized carbons (Fsp3) is 0.632. The summed E-state index contributed by atoms with van der Waals surface area (Å²) in [6.07, 6.45) is 8.75. The van der Waals surface area contributed by atoms with Crippen molar-refractivity contribution in [2.45, 2.75) is 44.6 Å². The Morgan fingerprint density at radius 3 is 2.14 bits per heavy atom. The standard InChI is InChI=1S/C19H23NO/c1-2-4-16(5-3-1)18-20-17(12-21-18)19-9-13-6-14(10-19)8-15(7-13)11-19/h1-5,13-15,17H,6-12H2/t13?,14?,15?,17-,19?/m0/s1. The Morgan fingerprint density at radius 2 is 1.52 bits per heavy atom. The lowest BCUT2D eigenvalue weighted by molar-refractivity contribution is -0.0691. The number of hydrogen-bond acceptors (Lipinski definition) is 2. The molecule has 1 aliphatic heterocycles. The molecule has 0 unspecified atom stereocenters. The number of rotatable bonds is 2. The molecule has 6 rings (SSSR count). The number of nitrogens with zero attached hydrogens (tertiary/aromatic N) is 1. The molecule has 1 heterocycles. The van der Waals surface area contributed by atoms with Gasteiger partial charge < -0.3 is 4.74 Å². The Hall–Kier alpha value is -1.31. The highest BCUT2D eigenvalue weighted by molar-refractivity contribution is 5.95. The maximum atomic E-state index is 5.99. The van der Waals surface area contributed by atoms with Crippen LogP contribution in [0, 0.1) is 23.2 Å².